The average Bonchev–Trinajstić information content (AvgIpc) is 3.33. The monoisotopic (exact) mass is 423 g/mol. The lowest BCUT2D eigenvalue weighted by molar-refractivity contribution is 0.0804. The molecule has 0 unspecified atom stereocenters. The maximum absolute atomic E-state index is 14.1. The molecule has 162 valence electrons. The number of hydrogen-bond acceptors (Lipinski definition) is 3. The number of ether oxygens (including phenoxy) is 1. The molecule has 0 radical (unpaired) electrons. The Bertz CT molecular complexity index is 1160. The van der Waals surface area contributed by atoms with E-state index in [1.54, 1.807) is 7.11 Å². The topological polar surface area (TPSA) is 38.3 Å². The molecule has 3 aromatic rings. The number of benzene rings is 3. The van der Waals surface area contributed by atoms with Crippen LogP contribution in [0.3, 0.4) is 0 Å². The Balaban J connectivity index is 1.55. The Hall–Kier alpha value is -3.07. The van der Waals surface area contributed by atoms with Gasteiger partial charge in [0.25, 0.3) is 0 Å². The predicted octanol–water partition coefficient (Wildman–Crippen LogP) is 6.36. The van der Waals surface area contributed by atoms with E-state index in [0.29, 0.717) is 5.78 Å². The third-order valence-electron chi connectivity index (χ3n) is 8.51. The van der Waals surface area contributed by atoms with Gasteiger partial charge in [0.1, 0.15) is 5.75 Å². The smallest absolute Gasteiger partial charge is 0.166 e. The number of Topliss-reactive ketones (excluding diaryl/α,β-unsaturated/α-hetero) is 1. The molecule has 1 aliphatic heterocycles. The summed E-state index contributed by atoms with van der Waals surface area (Å²) in [5.74, 6) is 1.41. The molecule has 1 heterocycles. The number of hydrogen-bond donors (Lipinski definition) is 1. The van der Waals surface area contributed by atoms with Crippen LogP contribution in [0.25, 0.3) is 0 Å². The van der Waals surface area contributed by atoms with Crippen molar-refractivity contribution in [3.05, 3.63) is 95.6 Å². The highest BCUT2D eigenvalue weighted by Crippen LogP contribution is 2.70. The van der Waals surface area contributed by atoms with E-state index in [-0.39, 0.29) is 22.8 Å². The fraction of sp³-hybridized carbons (Fsp3) is 0.345. The first kappa shape index (κ1) is 19.6. The molecule has 0 spiro atoms. The fourth-order valence-electron chi connectivity index (χ4n) is 7.30. The number of fused-ring (bicyclic) bond motifs is 1. The molecule has 3 heteroatoms. The third-order valence-corrected chi connectivity index (χ3v) is 8.51. The molecule has 2 fully saturated rings. The van der Waals surface area contributed by atoms with E-state index in [9.17, 15) is 4.79 Å². The summed E-state index contributed by atoms with van der Waals surface area (Å²) in [6.45, 7) is 0. The van der Waals surface area contributed by atoms with Crippen molar-refractivity contribution < 1.29 is 9.53 Å². The number of ketones is 1. The van der Waals surface area contributed by atoms with Gasteiger partial charge in [-0.25, -0.2) is 0 Å². The SMILES string of the molecule is COc1ccc([C@@H]2C[C@H](C(=O)c3ccccc3)[C@@]34CCCC[C@@]23Nc2ccccc24)cc1. The Morgan fingerprint density at radius 3 is 2.41 bits per heavy atom. The molecule has 3 aromatic carbocycles. The molecular formula is C29H29NO2. The normalized spacial score (nSPS) is 30.0. The van der Waals surface area contributed by atoms with Crippen molar-refractivity contribution in [1.29, 1.82) is 0 Å². The highest BCUT2D eigenvalue weighted by Gasteiger charge is 2.70. The van der Waals surface area contributed by atoms with Crippen LogP contribution in [0.15, 0.2) is 78.9 Å². The van der Waals surface area contributed by atoms with Gasteiger partial charge in [0.15, 0.2) is 5.78 Å². The number of para-hydroxylation sites is 1. The van der Waals surface area contributed by atoms with Crippen molar-refractivity contribution in [2.75, 3.05) is 12.4 Å². The van der Waals surface area contributed by atoms with E-state index in [4.69, 9.17) is 4.74 Å². The third kappa shape index (κ3) is 2.51. The minimum atomic E-state index is -0.167. The predicted molar refractivity (Wildman–Crippen MR) is 128 cm³/mol. The number of anilines is 1. The number of carbonyl (C=O) groups is 1. The van der Waals surface area contributed by atoms with Crippen LogP contribution in [-0.4, -0.2) is 18.4 Å². The first-order chi connectivity index (χ1) is 15.7. The number of rotatable bonds is 4. The summed E-state index contributed by atoms with van der Waals surface area (Å²) < 4.78 is 5.42. The van der Waals surface area contributed by atoms with Crippen molar-refractivity contribution in [2.24, 2.45) is 5.92 Å². The summed E-state index contributed by atoms with van der Waals surface area (Å²) in [6.07, 6.45) is 5.40. The van der Waals surface area contributed by atoms with Crippen LogP contribution in [0, 0.1) is 5.92 Å². The molecule has 6 rings (SSSR count). The van der Waals surface area contributed by atoms with E-state index < -0.39 is 0 Å². The molecule has 0 amide bonds. The standard InChI is InChI=1S/C29H29NO2/c1-32-22-15-13-20(14-16-22)24-19-25(27(31)21-9-3-2-4-10-21)28-17-7-8-18-29(24,28)30-26-12-6-5-11-23(26)28/h2-6,9-16,24-25,30H,7-8,17-19H2,1H3/t24-,25+,28-,29+/m0/s1. The molecule has 4 atom stereocenters. The van der Waals surface area contributed by atoms with Gasteiger partial charge in [-0.3, -0.25) is 4.79 Å². The quantitative estimate of drug-likeness (QED) is 0.496. The van der Waals surface area contributed by atoms with Gasteiger partial charge in [-0.2, -0.15) is 0 Å². The number of nitrogens with one attached hydrogen (secondary N) is 1. The maximum atomic E-state index is 14.1. The molecular weight excluding hydrogens is 394 g/mol. The van der Waals surface area contributed by atoms with Crippen molar-refractivity contribution in [1.82, 2.24) is 0 Å². The second-order valence-corrected chi connectivity index (χ2v) is 9.66. The summed E-state index contributed by atoms with van der Waals surface area (Å²) in [5.41, 5.74) is 4.42. The molecule has 2 aliphatic carbocycles. The van der Waals surface area contributed by atoms with Gasteiger partial charge in [-0.05, 0) is 48.6 Å². The molecule has 32 heavy (non-hydrogen) atoms. The van der Waals surface area contributed by atoms with Gasteiger partial charge in [0, 0.05) is 28.5 Å². The van der Waals surface area contributed by atoms with Gasteiger partial charge in [0.2, 0.25) is 0 Å². The Morgan fingerprint density at radius 1 is 0.906 bits per heavy atom. The van der Waals surface area contributed by atoms with Crippen molar-refractivity contribution in [3.8, 4) is 5.75 Å². The molecule has 2 saturated carbocycles. The largest absolute Gasteiger partial charge is 0.497 e. The lowest BCUT2D eigenvalue weighted by Gasteiger charge is -2.50. The Morgan fingerprint density at radius 2 is 1.62 bits per heavy atom. The second kappa shape index (κ2) is 7.23. The van der Waals surface area contributed by atoms with Gasteiger partial charge >= 0.3 is 0 Å². The molecule has 1 N–H and O–H groups in total. The fourth-order valence-corrected chi connectivity index (χ4v) is 7.30. The highest BCUT2D eigenvalue weighted by atomic mass is 16.5. The minimum absolute atomic E-state index is 0.0338. The van der Waals surface area contributed by atoms with Crippen LogP contribution in [0.1, 0.15) is 59.5 Å². The van der Waals surface area contributed by atoms with Crippen LogP contribution in [-0.2, 0) is 5.41 Å². The lowest BCUT2D eigenvalue weighted by atomic mass is 9.56. The summed E-state index contributed by atoms with van der Waals surface area (Å²) >= 11 is 0. The zero-order valence-corrected chi connectivity index (χ0v) is 18.5. The van der Waals surface area contributed by atoms with Crippen molar-refractivity contribution in [3.63, 3.8) is 0 Å². The lowest BCUT2D eigenvalue weighted by Crippen LogP contribution is -2.56. The summed E-state index contributed by atoms with van der Waals surface area (Å²) in [5, 5.41) is 4.03. The van der Waals surface area contributed by atoms with Gasteiger partial charge in [-0.15, -0.1) is 0 Å². The van der Waals surface area contributed by atoms with Gasteiger partial charge in [-0.1, -0.05) is 73.5 Å². The zero-order valence-electron chi connectivity index (χ0n) is 18.5. The molecule has 0 aromatic heterocycles. The van der Waals surface area contributed by atoms with Crippen LogP contribution >= 0.6 is 0 Å². The Kier molecular flexibility index (Phi) is 4.43. The van der Waals surface area contributed by atoms with Crippen molar-refractivity contribution >= 4 is 11.5 Å². The highest BCUT2D eigenvalue weighted by molar-refractivity contribution is 6.00. The summed E-state index contributed by atoms with van der Waals surface area (Å²) in [6, 6.07) is 27.2. The number of methoxy groups -OCH3 is 1. The molecule has 0 saturated heterocycles. The van der Waals surface area contributed by atoms with Gasteiger partial charge < -0.3 is 10.1 Å². The zero-order chi connectivity index (χ0) is 21.8. The molecule has 0 bridgehead atoms. The first-order valence-electron chi connectivity index (χ1n) is 11.8. The minimum Gasteiger partial charge on any atom is -0.497 e. The molecule has 3 aliphatic rings. The maximum Gasteiger partial charge on any atom is 0.166 e. The second-order valence-electron chi connectivity index (χ2n) is 9.66. The first-order valence-corrected chi connectivity index (χ1v) is 11.8. The average molecular weight is 424 g/mol. The summed E-state index contributed by atoms with van der Waals surface area (Å²) in [4.78, 5) is 14.1. The van der Waals surface area contributed by atoms with E-state index in [1.165, 1.54) is 29.7 Å². The van der Waals surface area contributed by atoms with Crippen LogP contribution < -0.4 is 10.1 Å². The summed E-state index contributed by atoms with van der Waals surface area (Å²) in [7, 11) is 1.71. The van der Waals surface area contributed by atoms with Crippen LogP contribution in [0.4, 0.5) is 5.69 Å². The Labute approximate surface area is 189 Å². The van der Waals surface area contributed by atoms with E-state index in [2.05, 4.69) is 53.8 Å². The van der Waals surface area contributed by atoms with Crippen molar-refractivity contribution in [2.45, 2.75) is 49.0 Å². The van der Waals surface area contributed by atoms with E-state index in [0.717, 1.165) is 30.6 Å². The molecule has 3 nitrogen and oxygen atoms in total. The van der Waals surface area contributed by atoms with E-state index in [1.807, 2.05) is 30.3 Å². The number of carbonyl (C=O) groups excluding carboxylic acids is 1. The van der Waals surface area contributed by atoms with Crippen LogP contribution in [0.2, 0.25) is 0 Å². The van der Waals surface area contributed by atoms with E-state index >= 15 is 0 Å². The van der Waals surface area contributed by atoms with Crippen LogP contribution in [0.5, 0.6) is 5.75 Å². The van der Waals surface area contributed by atoms with Gasteiger partial charge in [0.05, 0.1) is 12.6 Å².